The summed E-state index contributed by atoms with van der Waals surface area (Å²) in [6.07, 6.45) is 1.77. The number of nitrogens with zero attached hydrogens (tertiary/aromatic N) is 1. The predicted octanol–water partition coefficient (Wildman–Crippen LogP) is 5.03. The van der Waals surface area contributed by atoms with E-state index in [1.807, 2.05) is 26.0 Å². The summed E-state index contributed by atoms with van der Waals surface area (Å²) in [4.78, 5) is 12.7. The van der Waals surface area contributed by atoms with Crippen LogP contribution in [0, 0.1) is 20.8 Å². The molecule has 0 saturated heterocycles. The minimum Gasteiger partial charge on any atom is -0.355 e. The van der Waals surface area contributed by atoms with Crippen LogP contribution in [0.2, 0.25) is 10.0 Å². The maximum absolute atomic E-state index is 13.6. The zero-order valence-corrected chi connectivity index (χ0v) is 20.1. The molecule has 0 bridgehead atoms. The lowest BCUT2D eigenvalue weighted by Gasteiger charge is -2.24. The van der Waals surface area contributed by atoms with Crippen molar-refractivity contribution in [3.05, 3.63) is 62.6 Å². The highest BCUT2D eigenvalue weighted by molar-refractivity contribution is 7.89. The van der Waals surface area contributed by atoms with E-state index in [1.54, 1.807) is 32.0 Å². The molecule has 0 aliphatic rings. The second-order valence-electron chi connectivity index (χ2n) is 7.45. The zero-order chi connectivity index (χ0) is 22.5. The fourth-order valence-corrected chi connectivity index (χ4v) is 5.51. The van der Waals surface area contributed by atoms with Gasteiger partial charge in [0.05, 0.1) is 21.5 Å². The van der Waals surface area contributed by atoms with Crippen LogP contribution in [0.3, 0.4) is 0 Å². The Balaban J connectivity index is 2.43. The van der Waals surface area contributed by atoms with E-state index in [0.29, 0.717) is 33.3 Å². The molecule has 2 aromatic carbocycles. The lowest BCUT2D eigenvalue weighted by Crippen LogP contribution is -2.41. The monoisotopic (exact) mass is 470 g/mol. The molecule has 2 aromatic rings. The Morgan fingerprint density at radius 2 is 1.67 bits per heavy atom. The first-order chi connectivity index (χ1) is 14.1. The third-order valence-corrected chi connectivity index (χ3v) is 7.55. The SMILES string of the molecule is CCCCNC(=O)CN(Cc1ccc(Cl)c(Cl)c1)S(=O)(=O)c1c(C)cc(C)cc1C. The smallest absolute Gasteiger partial charge is 0.244 e. The topological polar surface area (TPSA) is 66.5 Å². The number of unbranched alkanes of at least 4 members (excludes halogenated alkanes) is 1. The van der Waals surface area contributed by atoms with E-state index in [4.69, 9.17) is 23.2 Å². The lowest BCUT2D eigenvalue weighted by molar-refractivity contribution is -0.121. The van der Waals surface area contributed by atoms with E-state index in [-0.39, 0.29) is 23.9 Å². The Kier molecular flexibility index (Phi) is 8.73. The summed E-state index contributed by atoms with van der Waals surface area (Å²) >= 11 is 12.1. The minimum atomic E-state index is -3.93. The van der Waals surface area contributed by atoms with Crippen molar-refractivity contribution in [2.45, 2.75) is 52.0 Å². The van der Waals surface area contributed by atoms with E-state index in [0.717, 1.165) is 18.4 Å². The van der Waals surface area contributed by atoms with Crippen LogP contribution >= 0.6 is 23.2 Å². The summed E-state index contributed by atoms with van der Waals surface area (Å²) in [5.41, 5.74) is 2.94. The van der Waals surface area contributed by atoms with Gasteiger partial charge >= 0.3 is 0 Å². The Morgan fingerprint density at radius 3 is 2.23 bits per heavy atom. The number of benzene rings is 2. The molecule has 30 heavy (non-hydrogen) atoms. The fourth-order valence-electron chi connectivity index (χ4n) is 3.39. The average Bonchev–Trinajstić information content (AvgIpc) is 2.63. The molecule has 1 N–H and O–H groups in total. The van der Waals surface area contributed by atoms with Crippen molar-refractivity contribution < 1.29 is 13.2 Å². The number of hydrogen-bond acceptors (Lipinski definition) is 3. The second kappa shape index (κ2) is 10.6. The van der Waals surface area contributed by atoms with Crippen LogP contribution in [0.15, 0.2) is 35.2 Å². The number of hydrogen-bond donors (Lipinski definition) is 1. The molecular formula is C22H28Cl2N2O3S. The van der Waals surface area contributed by atoms with Gasteiger partial charge in [-0.15, -0.1) is 0 Å². The summed E-state index contributed by atoms with van der Waals surface area (Å²) in [7, 11) is -3.93. The van der Waals surface area contributed by atoms with Crippen molar-refractivity contribution >= 4 is 39.1 Å². The van der Waals surface area contributed by atoms with Crippen molar-refractivity contribution in [3.8, 4) is 0 Å². The van der Waals surface area contributed by atoms with Gasteiger partial charge in [0.25, 0.3) is 0 Å². The number of aryl methyl sites for hydroxylation is 3. The minimum absolute atomic E-state index is 0.00712. The molecule has 0 fully saturated rings. The van der Waals surface area contributed by atoms with E-state index in [2.05, 4.69) is 5.32 Å². The molecule has 0 aliphatic carbocycles. The first-order valence-corrected chi connectivity index (χ1v) is 12.0. The van der Waals surface area contributed by atoms with E-state index in [9.17, 15) is 13.2 Å². The molecule has 0 saturated carbocycles. The van der Waals surface area contributed by atoms with Crippen molar-refractivity contribution in [3.63, 3.8) is 0 Å². The van der Waals surface area contributed by atoms with Crippen LogP contribution in [0.4, 0.5) is 0 Å². The Labute approximate surface area is 189 Å². The maximum Gasteiger partial charge on any atom is 0.244 e. The molecule has 0 heterocycles. The van der Waals surface area contributed by atoms with Gasteiger partial charge in [0.1, 0.15) is 0 Å². The molecule has 1 amide bonds. The van der Waals surface area contributed by atoms with Crippen molar-refractivity contribution in [2.75, 3.05) is 13.1 Å². The van der Waals surface area contributed by atoms with Gasteiger partial charge < -0.3 is 5.32 Å². The van der Waals surface area contributed by atoms with Crippen LogP contribution in [-0.4, -0.2) is 31.7 Å². The summed E-state index contributed by atoms with van der Waals surface area (Å²) in [5, 5.41) is 3.51. The number of carbonyl (C=O) groups excluding carboxylic acids is 1. The number of amides is 1. The molecule has 2 rings (SSSR count). The van der Waals surface area contributed by atoms with Gasteiger partial charge in [-0.2, -0.15) is 4.31 Å². The van der Waals surface area contributed by atoms with Crippen molar-refractivity contribution in [1.29, 1.82) is 0 Å². The van der Waals surface area contributed by atoms with Crippen LogP contribution in [0.1, 0.15) is 42.0 Å². The van der Waals surface area contributed by atoms with Gasteiger partial charge in [0, 0.05) is 13.1 Å². The molecule has 0 aliphatic heterocycles. The number of halogens is 2. The van der Waals surface area contributed by atoms with Crippen molar-refractivity contribution in [2.24, 2.45) is 0 Å². The van der Waals surface area contributed by atoms with Crippen LogP contribution in [-0.2, 0) is 21.4 Å². The van der Waals surface area contributed by atoms with Crippen LogP contribution in [0.5, 0.6) is 0 Å². The Morgan fingerprint density at radius 1 is 1.03 bits per heavy atom. The number of carbonyl (C=O) groups is 1. The van der Waals surface area contributed by atoms with Crippen LogP contribution in [0.25, 0.3) is 0 Å². The van der Waals surface area contributed by atoms with Gasteiger partial charge in [-0.05, 0) is 56.0 Å². The highest BCUT2D eigenvalue weighted by Gasteiger charge is 2.30. The summed E-state index contributed by atoms with van der Waals surface area (Å²) in [6.45, 7) is 7.73. The summed E-state index contributed by atoms with van der Waals surface area (Å²) < 4.78 is 28.4. The third-order valence-electron chi connectivity index (χ3n) is 4.72. The normalized spacial score (nSPS) is 11.7. The second-order valence-corrected chi connectivity index (χ2v) is 10.1. The first-order valence-electron chi connectivity index (χ1n) is 9.85. The quantitative estimate of drug-likeness (QED) is 0.522. The molecule has 5 nitrogen and oxygen atoms in total. The molecule has 8 heteroatoms. The highest BCUT2D eigenvalue weighted by atomic mass is 35.5. The van der Waals surface area contributed by atoms with E-state index < -0.39 is 10.0 Å². The number of rotatable bonds is 9. The standard InChI is InChI=1S/C22H28Cl2N2O3S/c1-5-6-9-25-21(27)14-26(13-18-7-8-19(23)20(24)12-18)30(28,29)22-16(3)10-15(2)11-17(22)4/h7-8,10-12H,5-6,9,13-14H2,1-4H3,(H,25,27). The Hall–Kier alpha value is -1.60. The average molecular weight is 471 g/mol. The highest BCUT2D eigenvalue weighted by Crippen LogP contribution is 2.28. The molecule has 0 unspecified atom stereocenters. The number of sulfonamides is 1. The van der Waals surface area contributed by atoms with Crippen molar-refractivity contribution in [1.82, 2.24) is 9.62 Å². The molecule has 0 aromatic heterocycles. The molecule has 164 valence electrons. The van der Waals surface area contributed by atoms with E-state index in [1.165, 1.54) is 4.31 Å². The lowest BCUT2D eigenvalue weighted by atomic mass is 10.1. The maximum atomic E-state index is 13.6. The third kappa shape index (κ3) is 6.20. The first kappa shape index (κ1) is 24.7. The summed E-state index contributed by atoms with van der Waals surface area (Å²) in [6, 6.07) is 8.61. The molecular weight excluding hydrogens is 443 g/mol. The predicted molar refractivity (Wildman–Crippen MR) is 123 cm³/mol. The van der Waals surface area contributed by atoms with Gasteiger partial charge in [-0.25, -0.2) is 8.42 Å². The number of nitrogens with one attached hydrogen (secondary N) is 1. The van der Waals surface area contributed by atoms with Gasteiger partial charge in [-0.1, -0.05) is 60.3 Å². The van der Waals surface area contributed by atoms with Crippen LogP contribution < -0.4 is 5.32 Å². The van der Waals surface area contributed by atoms with Gasteiger partial charge in [-0.3, -0.25) is 4.79 Å². The fraction of sp³-hybridized carbons (Fsp3) is 0.409. The molecule has 0 spiro atoms. The van der Waals surface area contributed by atoms with E-state index >= 15 is 0 Å². The molecule has 0 atom stereocenters. The van der Waals surface area contributed by atoms with Gasteiger partial charge in [0.15, 0.2) is 0 Å². The summed E-state index contributed by atoms with van der Waals surface area (Å²) in [5.74, 6) is -0.338. The zero-order valence-electron chi connectivity index (χ0n) is 17.8. The Bertz CT molecular complexity index is 1000. The van der Waals surface area contributed by atoms with Gasteiger partial charge in [0.2, 0.25) is 15.9 Å². The largest absolute Gasteiger partial charge is 0.355 e. The molecule has 0 radical (unpaired) electrons.